The summed E-state index contributed by atoms with van der Waals surface area (Å²) >= 11 is 2.06. The van der Waals surface area contributed by atoms with Crippen LogP contribution in [0.25, 0.3) is 0 Å². The second-order valence-electron chi connectivity index (χ2n) is 3.31. The predicted octanol–water partition coefficient (Wildman–Crippen LogP) is 4.55. The first-order valence-corrected chi connectivity index (χ1v) is 5.89. The molecule has 0 unspecified atom stereocenters. The van der Waals surface area contributed by atoms with E-state index in [2.05, 4.69) is 32.8 Å². The summed E-state index contributed by atoms with van der Waals surface area (Å²) in [6.45, 7) is 0. The van der Waals surface area contributed by atoms with E-state index in [1.165, 1.54) is 12.1 Å². The third-order valence-electron chi connectivity index (χ3n) is 2.03. The molecule has 0 radical (unpaired) electrons. The molecule has 0 saturated heterocycles. The van der Waals surface area contributed by atoms with Crippen molar-refractivity contribution in [3.8, 4) is 5.75 Å². The van der Waals surface area contributed by atoms with E-state index in [0.29, 0.717) is 11.4 Å². The van der Waals surface area contributed by atoms with Crippen molar-refractivity contribution in [2.24, 2.45) is 10.2 Å². The highest BCUT2D eigenvalue weighted by Gasteiger charge is 1.99. The molecule has 0 aromatic heterocycles. The number of benzene rings is 2. The average molecular weight is 342 g/mol. The van der Waals surface area contributed by atoms with Crippen LogP contribution < -0.4 is 0 Å². The van der Waals surface area contributed by atoms with Crippen molar-refractivity contribution < 1.29 is 9.50 Å². The first-order valence-electron chi connectivity index (χ1n) is 4.81. The number of hydrogen-bond donors (Lipinski definition) is 1. The Morgan fingerprint density at radius 1 is 1.00 bits per heavy atom. The van der Waals surface area contributed by atoms with Gasteiger partial charge in [-0.25, -0.2) is 4.39 Å². The largest absolute Gasteiger partial charge is 0.508 e. The zero-order valence-electron chi connectivity index (χ0n) is 8.64. The summed E-state index contributed by atoms with van der Waals surface area (Å²) in [6, 6.07) is 10.6. The number of azo groups is 1. The molecule has 86 valence electrons. The van der Waals surface area contributed by atoms with Gasteiger partial charge in [0, 0.05) is 3.57 Å². The minimum Gasteiger partial charge on any atom is -0.508 e. The fourth-order valence-electron chi connectivity index (χ4n) is 1.20. The van der Waals surface area contributed by atoms with Crippen LogP contribution in [0, 0.1) is 9.39 Å². The fraction of sp³-hybridized carbons (Fsp3) is 0. The van der Waals surface area contributed by atoms with Crippen molar-refractivity contribution in [1.82, 2.24) is 0 Å². The predicted molar refractivity (Wildman–Crippen MR) is 71.4 cm³/mol. The average Bonchev–Trinajstić information content (AvgIpc) is 2.30. The summed E-state index contributed by atoms with van der Waals surface area (Å²) < 4.78 is 13.5. The van der Waals surface area contributed by atoms with Crippen LogP contribution in [0.5, 0.6) is 5.75 Å². The van der Waals surface area contributed by atoms with Gasteiger partial charge in [-0.05, 0) is 65.1 Å². The summed E-state index contributed by atoms with van der Waals surface area (Å²) in [6.07, 6.45) is 0. The molecular formula is C12H8FIN2O. The molecule has 1 N–H and O–H groups in total. The number of hydrogen-bond acceptors (Lipinski definition) is 3. The van der Waals surface area contributed by atoms with E-state index < -0.39 is 0 Å². The summed E-state index contributed by atoms with van der Waals surface area (Å²) in [4.78, 5) is 0. The third-order valence-corrected chi connectivity index (χ3v) is 2.90. The molecule has 0 atom stereocenters. The molecule has 0 amide bonds. The monoisotopic (exact) mass is 342 g/mol. The Kier molecular flexibility index (Phi) is 3.68. The summed E-state index contributed by atoms with van der Waals surface area (Å²) in [7, 11) is 0. The van der Waals surface area contributed by atoms with E-state index in [-0.39, 0.29) is 11.6 Å². The van der Waals surface area contributed by atoms with E-state index in [1.54, 1.807) is 30.3 Å². The third kappa shape index (κ3) is 3.23. The lowest BCUT2D eigenvalue weighted by Crippen LogP contribution is -1.73. The van der Waals surface area contributed by atoms with Gasteiger partial charge in [0.15, 0.2) is 0 Å². The van der Waals surface area contributed by atoms with Gasteiger partial charge in [-0.1, -0.05) is 0 Å². The van der Waals surface area contributed by atoms with Crippen molar-refractivity contribution in [1.29, 1.82) is 0 Å². The maximum atomic E-state index is 12.7. The smallest absolute Gasteiger partial charge is 0.123 e. The molecule has 0 spiro atoms. The second-order valence-corrected chi connectivity index (χ2v) is 4.47. The van der Waals surface area contributed by atoms with Gasteiger partial charge in [0.1, 0.15) is 11.6 Å². The molecule has 0 aliphatic rings. The maximum Gasteiger partial charge on any atom is 0.123 e. The number of phenolic OH excluding ortho intramolecular Hbond substituents is 1. The fourth-order valence-corrected chi connectivity index (χ4v) is 1.80. The van der Waals surface area contributed by atoms with Crippen LogP contribution >= 0.6 is 22.6 Å². The van der Waals surface area contributed by atoms with Crippen molar-refractivity contribution in [3.05, 3.63) is 51.9 Å². The molecule has 0 bridgehead atoms. The lowest BCUT2D eigenvalue weighted by molar-refractivity contribution is 0.475. The number of rotatable bonds is 2. The highest BCUT2D eigenvalue weighted by atomic mass is 127. The van der Waals surface area contributed by atoms with Crippen molar-refractivity contribution in [2.75, 3.05) is 0 Å². The van der Waals surface area contributed by atoms with E-state index >= 15 is 0 Å². The van der Waals surface area contributed by atoms with E-state index in [9.17, 15) is 9.50 Å². The van der Waals surface area contributed by atoms with Crippen molar-refractivity contribution in [2.45, 2.75) is 0 Å². The van der Waals surface area contributed by atoms with Gasteiger partial charge in [0.2, 0.25) is 0 Å². The topological polar surface area (TPSA) is 45.0 Å². The zero-order valence-corrected chi connectivity index (χ0v) is 10.8. The molecule has 2 aromatic carbocycles. The SMILES string of the molecule is Oc1ccc(N=Nc2ccc(F)cc2)c(I)c1. The van der Waals surface area contributed by atoms with Crippen molar-refractivity contribution in [3.63, 3.8) is 0 Å². The summed E-state index contributed by atoms with van der Waals surface area (Å²) in [5.41, 5.74) is 1.24. The van der Waals surface area contributed by atoms with Gasteiger partial charge in [-0.15, -0.1) is 5.11 Å². The number of phenols is 1. The minimum absolute atomic E-state index is 0.190. The molecule has 0 aliphatic heterocycles. The number of aromatic hydroxyl groups is 1. The Balaban J connectivity index is 2.23. The second kappa shape index (κ2) is 5.22. The number of halogens is 2. The lowest BCUT2D eigenvalue weighted by atomic mass is 10.3. The van der Waals surface area contributed by atoms with Gasteiger partial charge in [0.05, 0.1) is 11.4 Å². The molecule has 5 heteroatoms. The van der Waals surface area contributed by atoms with E-state index in [1.807, 2.05) is 0 Å². The van der Waals surface area contributed by atoms with E-state index in [0.717, 1.165) is 3.57 Å². The molecule has 3 nitrogen and oxygen atoms in total. The first-order chi connectivity index (χ1) is 8.15. The Labute approximate surface area is 111 Å². The molecular weight excluding hydrogens is 334 g/mol. The van der Waals surface area contributed by atoms with Crippen LogP contribution in [0.3, 0.4) is 0 Å². The quantitative estimate of drug-likeness (QED) is 0.632. The van der Waals surface area contributed by atoms with Crippen LogP contribution in [-0.2, 0) is 0 Å². The Hall–Kier alpha value is -1.50. The van der Waals surface area contributed by atoms with Gasteiger partial charge < -0.3 is 5.11 Å². The zero-order chi connectivity index (χ0) is 12.3. The molecule has 2 rings (SSSR count). The van der Waals surface area contributed by atoms with Gasteiger partial charge >= 0.3 is 0 Å². The van der Waals surface area contributed by atoms with Gasteiger partial charge in [-0.3, -0.25) is 0 Å². The van der Waals surface area contributed by atoms with Crippen LogP contribution in [0.4, 0.5) is 15.8 Å². The number of nitrogens with zero attached hydrogens (tertiary/aromatic N) is 2. The molecule has 17 heavy (non-hydrogen) atoms. The first kappa shape index (κ1) is 12.0. The lowest BCUT2D eigenvalue weighted by Gasteiger charge is -1.98. The normalized spacial score (nSPS) is 10.9. The Morgan fingerprint density at radius 3 is 2.35 bits per heavy atom. The Bertz CT molecular complexity index is 555. The van der Waals surface area contributed by atoms with Gasteiger partial charge in [0.25, 0.3) is 0 Å². The highest BCUT2D eigenvalue weighted by Crippen LogP contribution is 2.27. The highest BCUT2D eigenvalue weighted by molar-refractivity contribution is 14.1. The maximum absolute atomic E-state index is 12.7. The van der Waals surface area contributed by atoms with Crippen molar-refractivity contribution >= 4 is 34.0 Å². The standard InChI is InChI=1S/C12H8FIN2O/c13-8-1-3-9(4-2-8)15-16-12-6-5-10(17)7-11(12)14/h1-7,17H. The molecule has 0 fully saturated rings. The van der Waals surface area contributed by atoms with Gasteiger partial charge in [-0.2, -0.15) is 5.11 Å². The summed E-state index contributed by atoms with van der Waals surface area (Å²) in [5.74, 6) is -0.113. The Morgan fingerprint density at radius 2 is 1.71 bits per heavy atom. The van der Waals surface area contributed by atoms with E-state index in [4.69, 9.17) is 0 Å². The molecule has 0 saturated carbocycles. The van der Waals surface area contributed by atoms with Crippen LogP contribution in [0.1, 0.15) is 0 Å². The van der Waals surface area contributed by atoms with Crippen LogP contribution in [-0.4, -0.2) is 5.11 Å². The van der Waals surface area contributed by atoms with Crippen LogP contribution in [0.2, 0.25) is 0 Å². The molecule has 0 aliphatic carbocycles. The summed E-state index contributed by atoms with van der Waals surface area (Å²) in [5, 5.41) is 17.2. The van der Waals surface area contributed by atoms with Crippen LogP contribution in [0.15, 0.2) is 52.7 Å². The molecule has 0 heterocycles. The molecule has 2 aromatic rings. The minimum atomic E-state index is -0.303.